The van der Waals surface area contributed by atoms with Gasteiger partial charge in [-0.3, -0.25) is 9.69 Å². The van der Waals surface area contributed by atoms with Crippen molar-refractivity contribution in [1.29, 1.82) is 5.26 Å². The van der Waals surface area contributed by atoms with E-state index in [0.717, 1.165) is 37.9 Å². The number of nitriles is 1. The molecule has 0 saturated carbocycles. The summed E-state index contributed by atoms with van der Waals surface area (Å²) in [6.07, 6.45) is 2.71. The molecule has 0 aromatic carbocycles. The van der Waals surface area contributed by atoms with Crippen molar-refractivity contribution in [2.24, 2.45) is 0 Å². The van der Waals surface area contributed by atoms with Crippen LogP contribution in [0.15, 0.2) is 16.8 Å². The molecule has 5 heteroatoms. The Bertz CT molecular complexity index is 444. The number of carbonyl (C=O) groups is 1. The van der Waals surface area contributed by atoms with Gasteiger partial charge in [0.25, 0.3) is 5.91 Å². The third kappa shape index (κ3) is 3.55. The van der Waals surface area contributed by atoms with Crippen molar-refractivity contribution in [3.05, 3.63) is 22.4 Å². The summed E-state index contributed by atoms with van der Waals surface area (Å²) in [6.45, 7) is 3.82. The molecule has 1 saturated heterocycles. The second kappa shape index (κ2) is 6.69. The van der Waals surface area contributed by atoms with E-state index in [1.54, 1.807) is 0 Å². The lowest BCUT2D eigenvalue weighted by Crippen LogP contribution is -2.47. The van der Waals surface area contributed by atoms with Crippen molar-refractivity contribution in [2.75, 3.05) is 13.1 Å². The zero-order valence-electron chi connectivity index (χ0n) is 11.1. The fourth-order valence-corrected chi connectivity index (χ4v) is 3.08. The lowest BCUT2D eigenvalue weighted by Gasteiger charge is -2.34. The Kier molecular flexibility index (Phi) is 4.94. The van der Waals surface area contributed by atoms with Gasteiger partial charge in [-0.15, -0.1) is 0 Å². The molecular formula is C14H19N3OS. The minimum absolute atomic E-state index is 0.0204. The Balaban J connectivity index is 1.81. The molecular weight excluding hydrogens is 258 g/mol. The van der Waals surface area contributed by atoms with Crippen LogP contribution in [0.1, 0.15) is 36.5 Å². The van der Waals surface area contributed by atoms with E-state index in [4.69, 9.17) is 5.26 Å². The van der Waals surface area contributed by atoms with Gasteiger partial charge in [-0.25, -0.2) is 0 Å². The van der Waals surface area contributed by atoms with E-state index >= 15 is 0 Å². The van der Waals surface area contributed by atoms with E-state index in [-0.39, 0.29) is 18.0 Å². The molecule has 1 aliphatic heterocycles. The van der Waals surface area contributed by atoms with Crippen LogP contribution in [0.3, 0.4) is 0 Å². The predicted octanol–water partition coefficient (Wildman–Crippen LogP) is 2.24. The van der Waals surface area contributed by atoms with Gasteiger partial charge in [0, 0.05) is 30.1 Å². The van der Waals surface area contributed by atoms with Crippen LogP contribution in [0.2, 0.25) is 0 Å². The summed E-state index contributed by atoms with van der Waals surface area (Å²) in [7, 11) is 0. The molecule has 2 rings (SSSR count). The van der Waals surface area contributed by atoms with Crippen molar-refractivity contribution >= 4 is 17.2 Å². The molecule has 2 heterocycles. The summed E-state index contributed by atoms with van der Waals surface area (Å²) < 4.78 is 0. The minimum Gasteiger partial charge on any atom is -0.349 e. The summed E-state index contributed by atoms with van der Waals surface area (Å²) in [4.78, 5) is 14.1. The Hall–Kier alpha value is -1.38. The lowest BCUT2D eigenvalue weighted by atomic mass is 10.0. The van der Waals surface area contributed by atoms with Gasteiger partial charge in [-0.1, -0.05) is 6.92 Å². The molecule has 1 aliphatic rings. The lowest BCUT2D eigenvalue weighted by molar-refractivity contribution is 0.0903. The van der Waals surface area contributed by atoms with Crippen LogP contribution < -0.4 is 5.32 Å². The topological polar surface area (TPSA) is 56.1 Å². The van der Waals surface area contributed by atoms with E-state index < -0.39 is 0 Å². The molecule has 0 aliphatic carbocycles. The standard InChI is InChI=1S/C14H19N3OS/c1-2-13(9-15)17-6-3-12(4-7-17)16-14(18)11-5-8-19-10-11/h5,8,10,12-13H,2-4,6-7H2,1H3,(H,16,18). The third-order valence-corrected chi connectivity index (χ3v) is 4.31. The Morgan fingerprint density at radius 1 is 1.63 bits per heavy atom. The monoisotopic (exact) mass is 277 g/mol. The van der Waals surface area contributed by atoms with E-state index in [1.807, 2.05) is 23.8 Å². The molecule has 1 unspecified atom stereocenters. The number of likely N-dealkylation sites (tertiary alicyclic amines) is 1. The fraction of sp³-hybridized carbons (Fsp3) is 0.571. The van der Waals surface area contributed by atoms with E-state index in [9.17, 15) is 4.79 Å². The quantitative estimate of drug-likeness (QED) is 0.918. The number of thiophene rings is 1. The first kappa shape index (κ1) is 14.0. The average molecular weight is 277 g/mol. The van der Waals surface area contributed by atoms with Crippen LogP contribution in [-0.2, 0) is 0 Å². The van der Waals surface area contributed by atoms with Crippen molar-refractivity contribution < 1.29 is 4.79 Å². The van der Waals surface area contributed by atoms with E-state index in [2.05, 4.69) is 16.3 Å². The van der Waals surface area contributed by atoms with Crippen molar-refractivity contribution in [1.82, 2.24) is 10.2 Å². The highest BCUT2D eigenvalue weighted by Crippen LogP contribution is 2.15. The number of amides is 1. The predicted molar refractivity (Wildman–Crippen MR) is 76.1 cm³/mol. The molecule has 19 heavy (non-hydrogen) atoms. The van der Waals surface area contributed by atoms with Crippen molar-refractivity contribution in [3.8, 4) is 6.07 Å². The summed E-state index contributed by atoms with van der Waals surface area (Å²) in [5.74, 6) is 0.0204. The summed E-state index contributed by atoms with van der Waals surface area (Å²) in [5.41, 5.74) is 0.746. The molecule has 1 aromatic heterocycles. The molecule has 4 nitrogen and oxygen atoms in total. The smallest absolute Gasteiger partial charge is 0.252 e. The van der Waals surface area contributed by atoms with Gasteiger partial charge in [-0.2, -0.15) is 16.6 Å². The SMILES string of the molecule is CCC(C#N)N1CCC(NC(=O)c2ccsc2)CC1. The normalized spacial score (nSPS) is 18.7. The maximum atomic E-state index is 11.9. The first-order chi connectivity index (χ1) is 9.24. The second-order valence-electron chi connectivity index (χ2n) is 4.85. The Labute approximate surface area is 118 Å². The Morgan fingerprint density at radius 3 is 2.89 bits per heavy atom. The first-order valence-corrected chi connectivity index (χ1v) is 7.65. The molecule has 1 atom stereocenters. The molecule has 102 valence electrons. The first-order valence-electron chi connectivity index (χ1n) is 6.71. The molecule has 1 aromatic rings. The van der Waals surface area contributed by atoms with Crippen molar-refractivity contribution in [3.63, 3.8) is 0 Å². The van der Waals surface area contributed by atoms with Crippen LogP contribution in [0, 0.1) is 11.3 Å². The van der Waals surface area contributed by atoms with Crippen LogP contribution in [0.5, 0.6) is 0 Å². The number of rotatable bonds is 4. The van der Waals surface area contributed by atoms with Gasteiger partial charge >= 0.3 is 0 Å². The fourth-order valence-electron chi connectivity index (χ4n) is 2.45. The van der Waals surface area contributed by atoms with Crippen molar-refractivity contribution in [2.45, 2.75) is 38.3 Å². The third-order valence-electron chi connectivity index (χ3n) is 3.62. The highest BCUT2D eigenvalue weighted by Gasteiger charge is 2.25. The van der Waals surface area contributed by atoms with Crippen LogP contribution in [0.4, 0.5) is 0 Å². The number of piperidine rings is 1. The van der Waals surface area contributed by atoms with Gasteiger partial charge in [-0.05, 0) is 30.7 Å². The zero-order valence-corrected chi connectivity index (χ0v) is 11.9. The number of carbonyl (C=O) groups excluding carboxylic acids is 1. The summed E-state index contributed by atoms with van der Waals surface area (Å²) >= 11 is 1.54. The molecule has 0 spiro atoms. The van der Waals surface area contributed by atoms with Crippen LogP contribution >= 0.6 is 11.3 Å². The molecule has 1 amide bonds. The van der Waals surface area contributed by atoms with Gasteiger partial charge in [0.1, 0.15) is 0 Å². The Morgan fingerprint density at radius 2 is 2.37 bits per heavy atom. The minimum atomic E-state index is 0.0204. The number of nitrogens with zero attached hydrogens (tertiary/aromatic N) is 2. The summed E-state index contributed by atoms with van der Waals surface area (Å²) in [6, 6.07) is 4.44. The summed E-state index contributed by atoms with van der Waals surface area (Å²) in [5, 5.41) is 15.9. The molecule has 1 N–H and O–H groups in total. The maximum Gasteiger partial charge on any atom is 0.252 e. The largest absolute Gasteiger partial charge is 0.349 e. The van der Waals surface area contributed by atoms with E-state index in [0.29, 0.717) is 0 Å². The molecule has 0 radical (unpaired) electrons. The van der Waals surface area contributed by atoms with Gasteiger partial charge in [0.05, 0.1) is 12.1 Å². The number of hydrogen-bond acceptors (Lipinski definition) is 4. The van der Waals surface area contributed by atoms with Gasteiger partial charge in [0.15, 0.2) is 0 Å². The van der Waals surface area contributed by atoms with Gasteiger partial charge in [0.2, 0.25) is 0 Å². The highest BCUT2D eigenvalue weighted by molar-refractivity contribution is 7.08. The maximum absolute atomic E-state index is 11.9. The van der Waals surface area contributed by atoms with Gasteiger partial charge < -0.3 is 5.32 Å². The molecule has 1 fully saturated rings. The van der Waals surface area contributed by atoms with E-state index in [1.165, 1.54) is 11.3 Å². The molecule has 0 bridgehead atoms. The highest BCUT2D eigenvalue weighted by atomic mass is 32.1. The number of hydrogen-bond donors (Lipinski definition) is 1. The van der Waals surface area contributed by atoms with Crippen LogP contribution in [-0.4, -0.2) is 36.0 Å². The number of nitrogens with one attached hydrogen (secondary N) is 1. The second-order valence-corrected chi connectivity index (χ2v) is 5.63. The van der Waals surface area contributed by atoms with Crippen LogP contribution in [0.25, 0.3) is 0 Å². The average Bonchev–Trinajstić information content (AvgIpc) is 2.96. The zero-order chi connectivity index (χ0) is 13.7.